The van der Waals surface area contributed by atoms with Crippen molar-refractivity contribution in [1.29, 1.82) is 0 Å². The zero-order valence-electron chi connectivity index (χ0n) is 20.8. The van der Waals surface area contributed by atoms with E-state index < -0.39 is 14.3 Å². The SMILES string of the molecule is O=P1(Cl)[C@H](c2ccccc2)CC[C@H]1c1ccccc1.O=[P+]1[C@H](c2ccccc2)CC[C@H]1c1ccccc1. The van der Waals surface area contributed by atoms with E-state index in [1.54, 1.807) is 0 Å². The topological polar surface area (TPSA) is 34.1 Å². The molecule has 2 heterocycles. The lowest BCUT2D eigenvalue weighted by atomic mass is 10.0. The molecule has 0 aromatic heterocycles. The van der Waals surface area contributed by atoms with Crippen molar-refractivity contribution < 1.29 is 9.13 Å². The molecule has 4 atom stereocenters. The number of rotatable bonds is 4. The smallest absolute Gasteiger partial charge is 0.305 e. The molecule has 37 heavy (non-hydrogen) atoms. The summed E-state index contributed by atoms with van der Waals surface area (Å²) in [5.41, 5.74) is 5.17. The van der Waals surface area contributed by atoms with Crippen molar-refractivity contribution in [2.75, 3.05) is 0 Å². The summed E-state index contributed by atoms with van der Waals surface area (Å²) < 4.78 is 25.7. The lowest BCUT2D eigenvalue weighted by molar-refractivity contribution is 0.577. The van der Waals surface area contributed by atoms with Crippen LogP contribution in [0.25, 0.3) is 0 Å². The van der Waals surface area contributed by atoms with E-state index >= 15 is 0 Å². The Balaban J connectivity index is 0.000000152. The second-order valence-corrected chi connectivity index (χ2v) is 15.9. The van der Waals surface area contributed by atoms with E-state index in [-0.39, 0.29) is 22.6 Å². The van der Waals surface area contributed by atoms with E-state index in [2.05, 4.69) is 24.3 Å². The summed E-state index contributed by atoms with van der Waals surface area (Å²) in [5, 5.41) is 0. The van der Waals surface area contributed by atoms with Gasteiger partial charge in [0.05, 0.1) is 11.3 Å². The molecule has 0 N–H and O–H groups in total. The van der Waals surface area contributed by atoms with Gasteiger partial charge in [0.2, 0.25) is 0 Å². The van der Waals surface area contributed by atoms with Crippen LogP contribution in [0.3, 0.4) is 0 Å². The van der Waals surface area contributed by atoms with Crippen LogP contribution < -0.4 is 0 Å². The summed E-state index contributed by atoms with van der Waals surface area (Å²) in [5.74, 6) is 0. The Hall–Kier alpha value is -2.50. The van der Waals surface area contributed by atoms with Crippen LogP contribution in [0.5, 0.6) is 0 Å². The van der Waals surface area contributed by atoms with Gasteiger partial charge in [0.1, 0.15) is 0 Å². The van der Waals surface area contributed by atoms with Gasteiger partial charge in [-0.05, 0) is 24.0 Å². The molecule has 188 valence electrons. The van der Waals surface area contributed by atoms with E-state index in [4.69, 9.17) is 11.2 Å². The first-order valence-corrected chi connectivity index (χ1v) is 17.1. The minimum absolute atomic E-state index is 0.000530. The van der Waals surface area contributed by atoms with Gasteiger partial charge in [0, 0.05) is 24.0 Å². The van der Waals surface area contributed by atoms with Gasteiger partial charge < -0.3 is 4.57 Å². The maximum Gasteiger partial charge on any atom is 0.354 e. The Kier molecular flexibility index (Phi) is 8.41. The van der Waals surface area contributed by atoms with Crippen LogP contribution in [0.2, 0.25) is 0 Å². The van der Waals surface area contributed by atoms with E-state index in [0.29, 0.717) is 0 Å². The van der Waals surface area contributed by atoms with Gasteiger partial charge in [-0.1, -0.05) is 137 Å². The molecule has 2 aliphatic heterocycles. The third-order valence-electron chi connectivity index (χ3n) is 7.63. The second-order valence-electron chi connectivity index (χ2n) is 9.84. The molecule has 0 radical (unpaired) electrons. The highest BCUT2D eigenvalue weighted by molar-refractivity contribution is 7.89. The number of benzene rings is 4. The largest absolute Gasteiger partial charge is 0.354 e. The average molecular weight is 546 g/mol. The fourth-order valence-electron chi connectivity index (χ4n) is 5.74. The summed E-state index contributed by atoms with van der Waals surface area (Å²) in [7, 11) is -1.19. The Morgan fingerprint density at radius 1 is 0.514 bits per heavy atom. The maximum absolute atomic E-state index is 13.0. The molecular weight excluding hydrogens is 514 g/mol. The molecule has 2 nitrogen and oxygen atoms in total. The van der Waals surface area contributed by atoms with Gasteiger partial charge in [-0.25, -0.2) is 0 Å². The van der Waals surface area contributed by atoms with E-state index in [0.717, 1.165) is 36.8 Å². The summed E-state index contributed by atoms with van der Waals surface area (Å²) in [6.07, 6.45) is 3.90. The Labute approximate surface area is 226 Å². The van der Waals surface area contributed by atoms with Gasteiger partial charge in [-0.3, -0.25) is 0 Å². The molecule has 5 heteroatoms. The molecule has 0 amide bonds. The molecule has 2 fully saturated rings. The third kappa shape index (κ3) is 5.83. The van der Waals surface area contributed by atoms with Crippen molar-refractivity contribution in [3.63, 3.8) is 0 Å². The summed E-state index contributed by atoms with van der Waals surface area (Å²) in [6, 6.07) is 40.6. The van der Waals surface area contributed by atoms with Crippen LogP contribution in [-0.4, -0.2) is 0 Å². The standard InChI is InChI=1S/C16H16ClOP.C16H16OP/c17-19(18)15(13-7-3-1-4-8-13)11-12-16(19)14-9-5-2-6-10-14;17-18-15(13-7-3-1-4-8-13)11-12-16(18)14-9-5-2-6-10-14/h1-10,15-16H,11-12H2;1-10,15-16H,11-12H2/q;+1/t2*15-,16-/m00/s1. The summed E-state index contributed by atoms with van der Waals surface area (Å²) in [4.78, 5) is 0. The number of hydrogen-bond donors (Lipinski definition) is 0. The first-order valence-electron chi connectivity index (χ1n) is 13.0. The van der Waals surface area contributed by atoms with Gasteiger partial charge in [0.15, 0.2) is 17.8 Å². The summed E-state index contributed by atoms with van der Waals surface area (Å²) >= 11 is 6.52. The Morgan fingerprint density at radius 2 is 0.811 bits per heavy atom. The number of halogens is 1. The molecule has 0 saturated carbocycles. The summed E-state index contributed by atoms with van der Waals surface area (Å²) in [6.45, 7) is -2.74. The molecule has 0 unspecified atom stereocenters. The average Bonchev–Trinajstić information content (AvgIpc) is 3.49. The van der Waals surface area contributed by atoms with Crippen molar-refractivity contribution >= 4 is 25.5 Å². The fourth-order valence-corrected chi connectivity index (χ4v) is 11.8. The zero-order chi connectivity index (χ0) is 25.7. The minimum Gasteiger partial charge on any atom is -0.305 e. The van der Waals surface area contributed by atoms with Crippen molar-refractivity contribution in [2.45, 2.75) is 48.3 Å². The Morgan fingerprint density at radius 3 is 1.14 bits per heavy atom. The van der Waals surface area contributed by atoms with Crippen LogP contribution in [-0.2, 0) is 9.13 Å². The minimum atomic E-state index is -2.74. The highest BCUT2D eigenvalue weighted by Crippen LogP contribution is 2.79. The van der Waals surface area contributed by atoms with Crippen LogP contribution in [0, 0.1) is 0 Å². The van der Waals surface area contributed by atoms with E-state index in [9.17, 15) is 9.13 Å². The predicted octanol–water partition coefficient (Wildman–Crippen LogP) is 10.9. The predicted molar refractivity (Wildman–Crippen MR) is 156 cm³/mol. The third-order valence-corrected chi connectivity index (χ3v) is 14.2. The molecule has 4 aromatic carbocycles. The molecule has 0 aliphatic carbocycles. The highest BCUT2D eigenvalue weighted by Gasteiger charge is 2.47. The first-order chi connectivity index (χ1) is 18.1. The van der Waals surface area contributed by atoms with Crippen molar-refractivity contribution in [2.24, 2.45) is 0 Å². The van der Waals surface area contributed by atoms with Gasteiger partial charge >= 0.3 is 7.80 Å². The first kappa shape index (κ1) is 26.1. The Bertz CT molecular complexity index is 1250. The zero-order valence-corrected chi connectivity index (χ0v) is 23.3. The van der Waals surface area contributed by atoms with E-state index in [1.165, 1.54) is 11.1 Å². The van der Waals surface area contributed by atoms with Crippen molar-refractivity contribution in [1.82, 2.24) is 0 Å². The normalized spacial score (nSPS) is 24.3. The number of hydrogen-bond acceptors (Lipinski definition) is 2. The quantitative estimate of drug-likeness (QED) is 0.239. The van der Waals surface area contributed by atoms with Crippen molar-refractivity contribution in [3.05, 3.63) is 144 Å². The van der Waals surface area contributed by atoms with Crippen molar-refractivity contribution in [3.8, 4) is 0 Å². The molecular formula is C32H32ClO2P2+. The molecule has 0 spiro atoms. The fraction of sp³-hybridized carbons (Fsp3) is 0.250. The lowest BCUT2D eigenvalue weighted by Gasteiger charge is -2.20. The second kappa shape index (κ2) is 11.9. The molecule has 6 rings (SSSR count). The highest BCUT2D eigenvalue weighted by atomic mass is 35.7. The van der Waals surface area contributed by atoms with Crippen LogP contribution in [0.1, 0.15) is 70.6 Å². The van der Waals surface area contributed by atoms with Gasteiger partial charge in [-0.15, -0.1) is 0 Å². The van der Waals surface area contributed by atoms with Crippen LogP contribution in [0.15, 0.2) is 121 Å². The van der Waals surface area contributed by atoms with Gasteiger partial charge in [-0.2, -0.15) is 0 Å². The molecule has 0 bridgehead atoms. The van der Waals surface area contributed by atoms with Crippen LogP contribution in [0.4, 0.5) is 0 Å². The van der Waals surface area contributed by atoms with Crippen LogP contribution >= 0.6 is 25.5 Å². The molecule has 2 aliphatic rings. The monoisotopic (exact) mass is 545 g/mol. The van der Waals surface area contributed by atoms with E-state index in [1.807, 2.05) is 97.1 Å². The molecule has 4 aromatic rings. The molecule has 2 saturated heterocycles. The maximum atomic E-state index is 13.0. The van der Waals surface area contributed by atoms with Gasteiger partial charge in [0.25, 0.3) is 0 Å². The lowest BCUT2D eigenvalue weighted by Crippen LogP contribution is -1.93.